The Hall–Kier alpha value is -1.33. The fraction of sp³-hybridized carbons (Fsp3) is 0.385. The fourth-order valence-electron chi connectivity index (χ4n) is 1.87. The average Bonchev–Trinajstić information content (AvgIpc) is 2.89. The number of nitrogens with two attached hydrogens (primary N) is 1. The lowest BCUT2D eigenvalue weighted by Gasteiger charge is -2.26. The number of hydrogen-bond donors (Lipinski definition) is 2. The van der Waals surface area contributed by atoms with Gasteiger partial charge in [-0.25, -0.2) is 4.98 Å². The molecule has 0 aliphatic rings. The van der Waals surface area contributed by atoms with Crippen molar-refractivity contribution in [1.82, 2.24) is 15.2 Å². The van der Waals surface area contributed by atoms with Crippen molar-refractivity contribution in [3.63, 3.8) is 0 Å². The second-order valence-electron chi connectivity index (χ2n) is 4.55. The van der Waals surface area contributed by atoms with Crippen molar-refractivity contribution in [1.29, 1.82) is 0 Å². The monoisotopic (exact) mass is 262 g/mol. The molecule has 0 aliphatic heterocycles. The van der Waals surface area contributed by atoms with E-state index in [1.807, 2.05) is 18.2 Å². The van der Waals surface area contributed by atoms with Gasteiger partial charge in [0.1, 0.15) is 6.33 Å². The number of H-pyrrole nitrogens is 1. The van der Waals surface area contributed by atoms with E-state index < -0.39 is 0 Å². The second-order valence-corrected chi connectivity index (χ2v) is 5.72. The van der Waals surface area contributed by atoms with Crippen molar-refractivity contribution in [3.05, 3.63) is 42.2 Å². The zero-order chi connectivity index (χ0) is 13.0. The number of nitrogens with one attached hydrogen (secondary N) is 1. The Morgan fingerprint density at radius 3 is 2.50 bits per heavy atom. The van der Waals surface area contributed by atoms with Gasteiger partial charge in [0, 0.05) is 11.3 Å². The molecular weight excluding hydrogens is 244 g/mol. The van der Waals surface area contributed by atoms with Gasteiger partial charge in [0.15, 0.2) is 5.16 Å². The summed E-state index contributed by atoms with van der Waals surface area (Å²) in [5.41, 5.74) is 7.53. The highest BCUT2D eigenvalue weighted by Crippen LogP contribution is 2.33. The summed E-state index contributed by atoms with van der Waals surface area (Å²) >= 11 is 1.65. The van der Waals surface area contributed by atoms with Crippen molar-refractivity contribution in [2.24, 2.45) is 11.7 Å². The quantitative estimate of drug-likeness (QED) is 0.813. The number of hydrogen-bond acceptors (Lipinski definition) is 4. The topological polar surface area (TPSA) is 67.6 Å². The molecule has 0 saturated heterocycles. The molecule has 2 rings (SSSR count). The molecule has 0 aliphatic carbocycles. The predicted molar refractivity (Wildman–Crippen MR) is 74.2 cm³/mol. The molecular formula is C13H18N4S. The smallest absolute Gasteiger partial charge is 0.183 e. The molecule has 0 bridgehead atoms. The number of nitrogens with zero attached hydrogens (tertiary/aromatic N) is 2. The number of thioether (sulfide) groups is 1. The van der Waals surface area contributed by atoms with Crippen molar-refractivity contribution >= 4 is 11.8 Å². The van der Waals surface area contributed by atoms with Gasteiger partial charge in [-0.15, -0.1) is 0 Å². The van der Waals surface area contributed by atoms with Crippen molar-refractivity contribution in [3.8, 4) is 0 Å². The molecule has 1 aromatic heterocycles. The molecule has 3 N–H and O–H groups in total. The zero-order valence-corrected chi connectivity index (χ0v) is 11.4. The minimum absolute atomic E-state index is 0.0127. The van der Waals surface area contributed by atoms with E-state index in [4.69, 9.17) is 5.73 Å². The van der Waals surface area contributed by atoms with E-state index in [1.165, 1.54) is 6.33 Å². The van der Waals surface area contributed by atoms with Gasteiger partial charge in [0.25, 0.3) is 0 Å². The third kappa shape index (κ3) is 3.11. The first-order chi connectivity index (χ1) is 8.68. The summed E-state index contributed by atoms with van der Waals surface area (Å²) in [5.74, 6) is 0.454. The number of benzene rings is 1. The number of rotatable bonds is 5. The summed E-state index contributed by atoms with van der Waals surface area (Å²) in [6, 6.07) is 10.2. The zero-order valence-electron chi connectivity index (χ0n) is 10.6. The van der Waals surface area contributed by atoms with Gasteiger partial charge < -0.3 is 5.73 Å². The molecule has 0 amide bonds. The van der Waals surface area contributed by atoms with E-state index in [9.17, 15) is 0 Å². The SMILES string of the molecule is CC(C)C(Sc1ncn[nH]1)C(N)c1ccccc1. The van der Waals surface area contributed by atoms with Crippen LogP contribution < -0.4 is 5.73 Å². The highest BCUT2D eigenvalue weighted by atomic mass is 32.2. The maximum atomic E-state index is 6.37. The van der Waals surface area contributed by atoms with Gasteiger partial charge >= 0.3 is 0 Å². The maximum absolute atomic E-state index is 6.37. The molecule has 1 heterocycles. The van der Waals surface area contributed by atoms with Gasteiger partial charge in [-0.3, -0.25) is 5.10 Å². The lowest BCUT2D eigenvalue weighted by molar-refractivity contribution is 0.526. The van der Waals surface area contributed by atoms with Crippen molar-refractivity contribution in [2.45, 2.75) is 30.3 Å². The van der Waals surface area contributed by atoms with Crippen LogP contribution in [0.5, 0.6) is 0 Å². The van der Waals surface area contributed by atoms with Gasteiger partial charge in [-0.05, 0) is 11.5 Å². The molecule has 1 aromatic carbocycles. The Morgan fingerprint density at radius 1 is 1.22 bits per heavy atom. The van der Waals surface area contributed by atoms with E-state index >= 15 is 0 Å². The highest BCUT2D eigenvalue weighted by Gasteiger charge is 2.24. The highest BCUT2D eigenvalue weighted by molar-refractivity contribution is 7.99. The molecule has 2 atom stereocenters. The van der Waals surface area contributed by atoms with Gasteiger partial charge in [0.05, 0.1) is 0 Å². The van der Waals surface area contributed by atoms with Crippen LogP contribution in [0.1, 0.15) is 25.5 Å². The van der Waals surface area contributed by atoms with Crippen LogP contribution in [0.2, 0.25) is 0 Å². The molecule has 18 heavy (non-hydrogen) atoms. The summed E-state index contributed by atoms with van der Waals surface area (Å²) in [7, 11) is 0. The summed E-state index contributed by atoms with van der Waals surface area (Å²) in [6.07, 6.45) is 1.52. The normalized spacial score (nSPS) is 14.7. The second kappa shape index (κ2) is 6.02. The van der Waals surface area contributed by atoms with Crippen LogP contribution in [0.25, 0.3) is 0 Å². The van der Waals surface area contributed by atoms with E-state index in [-0.39, 0.29) is 11.3 Å². The molecule has 2 unspecified atom stereocenters. The lowest BCUT2D eigenvalue weighted by atomic mass is 9.97. The lowest BCUT2D eigenvalue weighted by Crippen LogP contribution is -2.28. The molecule has 5 heteroatoms. The Bertz CT molecular complexity index is 455. The summed E-state index contributed by atoms with van der Waals surface area (Å²) in [6.45, 7) is 4.35. The predicted octanol–water partition coefficient (Wildman–Crippen LogP) is 2.62. The molecule has 0 saturated carbocycles. The molecule has 0 spiro atoms. The summed E-state index contributed by atoms with van der Waals surface area (Å²) in [5, 5.41) is 7.83. The van der Waals surface area contributed by atoms with Crippen molar-refractivity contribution < 1.29 is 0 Å². The Balaban J connectivity index is 2.15. The van der Waals surface area contributed by atoms with Crippen LogP contribution in [0.15, 0.2) is 41.8 Å². The minimum Gasteiger partial charge on any atom is -0.323 e. The van der Waals surface area contributed by atoms with Crippen LogP contribution in [-0.2, 0) is 0 Å². The standard InChI is InChI=1S/C13H18N4S/c1-9(2)12(18-13-15-8-16-17-13)11(14)10-6-4-3-5-7-10/h3-9,11-12H,14H2,1-2H3,(H,15,16,17). The van der Waals surface area contributed by atoms with Crippen LogP contribution >= 0.6 is 11.8 Å². The maximum Gasteiger partial charge on any atom is 0.183 e. The van der Waals surface area contributed by atoms with E-state index in [0.29, 0.717) is 5.92 Å². The Labute approximate surface area is 111 Å². The van der Waals surface area contributed by atoms with E-state index in [0.717, 1.165) is 10.7 Å². The van der Waals surface area contributed by atoms with Gasteiger partial charge in [-0.1, -0.05) is 55.9 Å². The molecule has 4 nitrogen and oxygen atoms in total. The Morgan fingerprint density at radius 2 is 1.94 bits per heavy atom. The third-order valence-electron chi connectivity index (χ3n) is 2.84. The van der Waals surface area contributed by atoms with Gasteiger partial charge in [0.2, 0.25) is 0 Å². The van der Waals surface area contributed by atoms with Crippen LogP contribution in [0, 0.1) is 5.92 Å². The summed E-state index contributed by atoms with van der Waals surface area (Å²) < 4.78 is 0. The molecule has 0 radical (unpaired) electrons. The number of aromatic amines is 1. The minimum atomic E-state index is -0.0127. The van der Waals surface area contributed by atoms with Crippen molar-refractivity contribution in [2.75, 3.05) is 0 Å². The first-order valence-electron chi connectivity index (χ1n) is 6.01. The summed E-state index contributed by atoms with van der Waals surface area (Å²) in [4.78, 5) is 4.16. The Kier molecular flexibility index (Phi) is 4.38. The first kappa shape index (κ1) is 13.1. The van der Waals surface area contributed by atoms with Gasteiger partial charge in [-0.2, -0.15) is 5.10 Å². The number of aromatic nitrogens is 3. The fourth-order valence-corrected chi connectivity index (χ4v) is 2.92. The van der Waals surface area contributed by atoms with E-state index in [1.54, 1.807) is 11.8 Å². The van der Waals surface area contributed by atoms with Crippen LogP contribution in [0.3, 0.4) is 0 Å². The third-order valence-corrected chi connectivity index (χ3v) is 4.37. The average molecular weight is 262 g/mol. The van der Waals surface area contributed by atoms with Crippen LogP contribution in [-0.4, -0.2) is 20.4 Å². The largest absolute Gasteiger partial charge is 0.323 e. The van der Waals surface area contributed by atoms with Crippen LogP contribution in [0.4, 0.5) is 0 Å². The molecule has 2 aromatic rings. The molecule has 0 fully saturated rings. The van der Waals surface area contributed by atoms with E-state index in [2.05, 4.69) is 41.2 Å². The first-order valence-corrected chi connectivity index (χ1v) is 6.89. The molecule has 96 valence electrons.